The van der Waals surface area contributed by atoms with Crippen molar-refractivity contribution in [2.24, 2.45) is 0 Å². The van der Waals surface area contributed by atoms with Gasteiger partial charge in [-0.1, -0.05) is 89.7 Å². The first kappa shape index (κ1) is 21.2. The molecule has 138 valence electrons. The third-order valence-electron chi connectivity index (χ3n) is 4.54. The van der Waals surface area contributed by atoms with Gasteiger partial charge in [0.05, 0.1) is 4.90 Å². The Morgan fingerprint density at radius 2 is 1.12 bits per heavy atom. The van der Waals surface area contributed by atoms with Crippen molar-refractivity contribution in [1.82, 2.24) is 0 Å². The van der Waals surface area contributed by atoms with Crippen molar-refractivity contribution < 1.29 is 13.0 Å². The van der Waals surface area contributed by atoms with Crippen molar-refractivity contribution in [3.8, 4) is 0 Å². The molecule has 4 heteroatoms. The minimum atomic E-state index is -4.07. The predicted molar refractivity (Wildman–Crippen MR) is 101 cm³/mol. The summed E-state index contributed by atoms with van der Waals surface area (Å²) in [7, 11) is -4.07. The Hall–Kier alpha value is -0.870. The van der Waals surface area contributed by atoms with Gasteiger partial charge in [-0.05, 0) is 30.5 Å². The molecule has 0 saturated heterocycles. The Balaban J connectivity index is 1.97. The van der Waals surface area contributed by atoms with E-state index in [4.69, 9.17) is 4.55 Å². The van der Waals surface area contributed by atoms with Crippen LogP contribution in [0.3, 0.4) is 0 Å². The lowest BCUT2D eigenvalue weighted by molar-refractivity contribution is 0.483. The molecule has 0 heterocycles. The smallest absolute Gasteiger partial charge is 0.282 e. The first-order valence-electron chi connectivity index (χ1n) is 9.60. The van der Waals surface area contributed by atoms with Gasteiger partial charge in [-0.25, -0.2) is 0 Å². The van der Waals surface area contributed by atoms with Crippen LogP contribution >= 0.6 is 0 Å². The van der Waals surface area contributed by atoms with E-state index in [1.165, 1.54) is 82.8 Å². The third-order valence-corrected chi connectivity index (χ3v) is 5.41. The molecule has 1 rings (SSSR count). The molecule has 0 fully saturated rings. The van der Waals surface area contributed by atoms with Crippen molar-refractivity contribution in [3.05, 3.63) is 29.8 Å². The molecular weight excluding hydrogens is 326 g/mol. The van der Waals surface area contributed by atoms with E-state index in [-0.39, 0.29) is 4.90 Å². The monoisotopic (exact) mass is 360 g/mol. The lowest BCUT2D eigenvalue weighted by Gasteiger charge is -2.04. The van der Waals surface area contributed by atoms with Gasteiger partial charge >= 0.3 is 0 Å². The van der Waals surface area contributed by atoms with Crippen LogP contribution in [0.2, 0.25) is 0 Å². The van der Waals surface area contributed by atoms with E-state index < -0.39 is 10.1 Å². The van der Waals surface area contributed by atoms with Crippen LogP contribution in [-0.4, -0.2) is 13.0 Å². The van der Waals surface area contributed by atoms with E-state index in [1.807, 2.05) is 0 Å². The largest absolute Gasteiger partial charge is 0.294 e. The Bertz CT molecular complexity index is 520. The van der Waals surface area contributed by atoms with E-state index in [9.17, 15) is 8.42 Å². The lowest BCUT2D eigenvalue weighted by atomic mass is 10.1. The van der Waals surface area contributed by atoms with Gasteiger partial charge in [0, 0.05) is 0 Å². The van der Waals surface area contributed by atoms with Crippen LogP contribution in [0, 0.1) is 0 Å². The van der Waals surface area contributed by atoms with Gasteiger partial charge in [0.15, 0.2) is 0 Å². The Kier molecular flexibility index (Phi) is 11.0. The molecule has 1 aromatic rings. The molecule has 0 unspecified atom stereocenters. The molecule has 0 aliphatic rings. The van der Waals surface area contributed by atoms with Gasteiger partial charge in [0.1, 0.15) is 0 Å². The minimum absolute atomic E-state index is 0.0269. The maximum absolute atomic E-state index is 11.0. The molecule has 0 bridgehead atoms. The number of unbranched alkanes of at least 4 members (excludes halogenated alkanes) is 11. The minimum Gasteiger partial charge on any atom is -0.282 e. The molecule has 3 nitrogen and oxygen atoms in total. The van der Waals surface area contributed by atoms with E-state index in [1.54, 1.807) is 12.1 Å². The van der Waals surface area contributed by atoms with Gasteiger partial charge in [0.25, 0.3) is 10.1 Å². The fourth-order valence-electron chi connectivity index (χ4n) is 3.00. The zero-order chi connectivity index (χ0) is 17.7. The second kappa shape index (κ2) is 12.5. The van der Waals surface area contributed by atoms with E-state index in [0.717, 1.165) is 18.4 Å². The average Bonchev–Trinajstić information content (AvgIpc) is 2.55. The maximum Gasteiger partial charge on any atom is 0.294 e. The molecule has 1 aromatic carbocycles. The quantitative estimate of drug-likeness (QED) is 0.318. The molecule has 0 aliphatic carbocycles. The van der Waals surface area contributed by atoms with Gasteiger partial charge in [0.2, 0.25) is 0 Å². The first-order chi connectivity index (χ1) is 11.5. The van der Waals surface area contributed by atoms with E-state index in [2.05, 4.69) is 6.92 Å². The van der Waals surface area contributed by atoms with Crippen LogP contribution in [0.4, 0.5) is 0 Å². The van der Waals surface area contributed by atoms with Crippen LogP contribution in [-0.2, 0) is 16.5 Å². The van der Waals surface area contributed by atoms with Crippen LogP contribution in [0.25, 0.3) is 0 Å². The van der Waals surface area contributed by atoms with Crippen LogP contribution in [0.1, 0.15) is 89.5 Å². The number of hydrogen-bond donors (Lipinski definition) is 1. The van der Waals surface area contributed by atoms with Crippen LogP contribution in [0.15, 0.2) is 29.2 Å². The average molecular weight is 361 g/mol. The van der Waals surface area contributed by atoms with Crippen molar-refractivity contribution in [2.75, 3.05) is 0 Å². The topological polar surface area (TPSA) is 54.4 Å². The van der Waals surface area contributed by atoms with Gasteiger partial charge < -0.3 is 0 Å². The standard InChI is InChI=1S/C20H34O3S/c1-2-3-4-5-6-7-8-9-10-11-12-13-14-19-15-17-20(18-16-19)24(21,22)23/h15-18H,2-14H2,1H3,(H,21,22,23)/i15+1,16+1,17+1,18+1,19+1,20+1. The highest BCUT2D eigenvalue weighted by molar-refractivity contribution is 7.85. The molecule has 0 atom stereocenters. The normalized spacial score (nSPS) is 11.8. The molecule has 24 heavy (non-hydrogen) atoms. The fourth-order valence-corrected chi connectivity index (χ4v) is 3.48. The fraction of sp³-hybridized carbons (Fsp3) is 0.700. The summed E-state index contributed by atoms with van der Waals surface area (Å²) in [4.78, 5) is -0.0269. The summed E-state index contributed by atoms with van der Waals surface area (Å²) in [6.45, 7) is 2.26. The highest BCUT2D eigenvalue weighted by atomic mass is 32.2. The summed E-state index contributed by atoms with van der Waals surface area (Å²) in [5.41, 5.74) is 1.13. The second-order valence-corrected chi connectivity index (χ2v) is 8.18. The van der Waals surface area contributed by atoms with Crippen molar-refractivity contribution >= 4 is 10.1 Å². The molecular formula is C20H34O3S. The summed E-state index contributed by atoms with van der Waals surface area (Å²) >= 11 is 0. The van der Waals surface area contributed by atoms with Gasteiger partial charge in [-0.15, -0.1) is 0 Å². The Labute approximate surface area is 148 Å². The molecule has 0 aliphatic heterocycles. The zero-order valence-corrected chi connectivity index (χ0v) is 16.0. The summed E-state index contributed by atoms with van der Waals surface area (Å²) in [6.07, 6.45) is 17.0. The first-order valence-corrected chi connectivity index (χ1v) is 11.0. The molecule has 0 aromatic heterocycles. The second-order valence-electron chi connectivity index (χ2n) is 6.76. The van der Waals surface area contributed by atoms with Crippen molar-refractivity contribution in [3.63, 3.8) is 0 Å². The van der Waals surface area contributed by atoms with Gasteiger partial charge in [-0.2, -0.15) is 8.42 Å². The molecule has 0 amide bonds. The Morgan fingerprint density at radius 1 is 0.708 bits per heavy atom. The SMILES string of the molecule is CCCCCCCCCCCCCC[13c]1[13cH][13cH][13c](S(=O)(=O)O)[13cH][13cH]1. The lowest BCUT2D eigenvalue weighted by Crippen LogP contribution is -1.98. The number of rotatable bonds is 14. The highest BCUT2D eigenvalue weighted by Crippen LogP contribution is 2.15. The van der Waals surface area contributed by atoms with E-state index >= 15 is 0 Å². The van der Waals surface area contributed by atoms with E-state index in [0.29, 0.717) is 0 Å². The van der Waals surface area contributed by atoms with Crippen LogP contribution in [0.5, 0.6) is 0 Å². The van der Waals surface area contributed by atoms with Crippen molar-refractivity contribution in [2.45, 2.75) is 95.3 Å². The number of benzene rings is 1. The number of aryl methyl sites for hydroxylation is 1. The predicted octanol–water partition coefficient (Wildman–Crippen LogP) is 6.18. The summed E-state index contributed by atoms with van der Waals surface area (Å²) in [5, 5.41) is 0. The molecule has 0 saturated carbocycles. The summed E-state index contributed by atoms with van der Waals surface area (Å²) < 4.78 is 30.9. The molecule has 0 radical (unpaired) electrons. The zero-order valence-electron chi connectivity index (χ0n) is 15.2. The van der Waals surface area contributed by atoms with Gasteiger partial charge in [-0.3, -0.25) is 4.55 Å². The highest BCUT2D eigenvalue weighted by Gasteiger charge is 2.08. The molecule has 1 N–H and O–H groups in total. The summed E-state index contributed by atoms with van der Waals surface area (Å²) in [5.74, 6) is 0. The third kappa shape index (κ3) is 10.1. The van der Waals surface area contributed by atoms with Crippen LogP contribution < -0.4 is 0 Å². The molecule has 0 spiro atoms. The number of hydrogen-bond acceptors (Lipinski definition) is 2. The summed E-state index contributed by atoms with van der Waals surface area (Å²) in [6, 6.07) is 6.54. The maximum atomic E-state index is 11.0. The van der Waals surface area contributed by atoms with Crippen molar-refractivity contribution in [1.29, 1.82) is 0 Å². The Morgan fingerprint density at radius 3 is 1.54 bits per heavy atom.